The first-order valence-electron chi connectivity index (χ1n) is 17.8. The number of nitrogens with two attached hydrogens (primary N) is 1. The molecule has 0 aromatic carbocycles. The molecule has 3 unspecified atom stereocenters. The third-order valence-electron chi connectivity index (χ3n) is 8.00. The molecule has 0 saturated carbocycles. The molecule has 4 nitrogen and oxygen atoms in total. The summed E-state index contributed by atoms with van der Waals surface area (Å²) in [5.41, 5.74) is 6.21. The number of thiol groups is 1. The molecular weight excluding hydrogens is 579 g/mol. The number of ketones is 1. The first-order valence-corrected chi connectivity index (χ1v) is 20.5. The summed E-state index contributed by atoms with van der Waals surface area (Å²) in [5, 5.41) is -0.827. The lowest BCUT2D eigenvalue weighted by Crippen LogP contribution is -2.33. The van der Waals surface area contributed by atoms with Crippen LogP contribution in [0.5, 0.6) is 0 Å². The maximum atomic E-state index is 12.8. The first kappa shape index (κ1) is 42.1. The molecule has 250 valence electrons. The van der Waals surface area contributed by atoms with Gasteiger partial charge < -0.3 is 10.5 Å². The van der Waals surface area contributed by atoms with Gasteiger partial charge in [-0.25, -0.2) is 4.79 Å². The van der Waals surface area contributed by atoms with Crippen LogP contribution in [0.25, 0.3) is 0 Å². The molecule has 0 fully saturated rings. The van der Waals surface area contributed by atoms with E-state index in [1.807, 2.05) is 6.92 Å². The normalized spacial score (nSPS) is 13.6. The predicted octanol–water partition coefficient (Wildman–Crippen LogP) is 10.9. The molecule has 0 aromatic rings. The Kier molecular flexibility index (Phi) is 32.7. The zero-order valence-electron chi connectivity index (χ0n) is 27.9. The van der Waals surface area contributed by atoms with Crippen molar-refractivity contribution in [3.63, 3.8) is 0 Å². The largest absolute Gasteiger partial charge is 0.460 e. The van der Waals surface area contributed by atoms with E-state index in [9.17, 15) is 9.59 Å². The van der Waals surface area contributed by atoms with Crippen LogP contribution in [0, 0.1) is 0 Å². The van der Waals surface area contributed by atoms with Crippen LogP contribution in [-0.2, 0) is 14.3 Å². The van der Waals surface area contributed by atoms with Gasteiger partial charge in [0.2, 0.25) is 0 Å². The smallest absolute Gasteiger partial charge is 0.333 e. The van der Waals surface area contributed by atoms with Crippen LogP contribution < -0.4 is 5.73 Å². The number of ether oxygens (including phenoxy) is 1. The summed E-state index contributed by atoms with van der Waals surface area (Å²) in [7, 11) is 0. The van der Waals surface area contributed by atoms with Gasteiger partial charge in [-0.3, -0.25) is 4.79 Å². The molecule has 0 aliphatic carbocycles. The fraction of sp³-hybridized carbons (Fsp3) is 0.943. The molecule has 0 aliphatic rings. The maximum absolute atomic E-state index is 12.8. The molecule has 0 heterocycles. The van der Waals surface area contributed by atoms with E-state index in [1.54, 1.807) is 11.8 Å². The highest BCUT2D eigenvalue weighted by molar-refractivity contribution is 8.00. The number of hydrogen-bond donors (Lipinski definition) is 2. The summed E-state index contributed by atoms with van der Waals surface area (Å²) < 4.78 is 5.89. The molecule has 0 spiro atoms. The van der Waals surface area contributed by atoms with E-state index in [4.69, 9.17) is 10.5 Å². The van der Waals surface area contributed by atoms with Gasteiger partial charge in [-0.2, -0.15) is 24.4 Å². The van der Waals surface area contributed by atoms with Gasteiger partial charge in [0.1, 0.15) is 6.10 Å². The van der Waals surface area contributed by atoms with Gasteiger partial charge >= 0.3 is 5.97 Å². The Labute approximate surface area is 275 Å². The number of carbonyl (C=O) groups is 2. The number of Topliss-reactive ketones (excluding diaryl/α,β-unsaturated/α-hetero) is 1. The van der Waals surface area contributed by atoms with E-state index in [-0.39, 0.29) is 23.1 Å². The number of esters is 1. The van der Waals surface area contributed by atoms with Crippen molar-refractivity contribution in [2.45, 2.75) is 192 Å². The van der Waals surface area contributed by atoms with E-state index < -0.39 is 5.37 Å². The summed E-state index contributed by atoms with van der Waals surface area (Å²) in [6.07, 6.45) is 30.2. The minimum atomic E-state index is -0.624. The van der Waals surface area contributed by atoms with Gasteiger partial charge in [0, 0.05) is 5.75 Å². The molecule has 0 saturated heterocycles. The van der Waals surface area contributed by atoms with Gasteiger partial charge in [0.25, 0.3) is 0 Å². The van der Waals surface area contributed by atoms with Crippen LogP contribution >= 0.6 is 36.2 Å². The molecule has 2 N–H and O–H groups in total. The van der Waals surface area contributed by atoms with E-state index in [1.165, 1.54) is 140 Å². The minimum absolute atomic E-state index is 0.157. The molecule has 0 bridgehead atoms. The van der Waals surface area contributed by atoms with E-state index in [0.29, 0.717) is 11.5 Å². The quantitative estimate of drug-likeness (QED) is 0.0320. The first-order chi connectivity index (χ1) is 20.5. The fourth-order valence-corrected chi connectivity index (χ4v) is 7.15. The Morgan fingerprint density at radius 2 is 1.10 bits per heavy atom. The van der Waals surface area contributed by atoms with E-state index in [0.717, 1.165) is 31.4 Å². The summed E-state index contributed by atoms with van der Waals surface area (Å²) in [6.45, 7) is 6.51. The highest BCUT2D eigenvalue weighted by atomic mass is 32.2. The molecule has 0 radical (unpaired) electrons. The number of hydrogen-bond acceptors (Lipinski definition) is 7. The third kappa shape index (κ3) is 27.7. The Morgan fingerprint density at radius 3 is 1.55 bits per heavy atom. The summed E-state index contributed by atoms with van der Waals surface area (Å²) in [4.78, 5) is 25.0. The summed E-state index contributed by atoms with van der Waals surface area (Å²) in [6, 6.07) is 0. The Hall–Kier alpha value is 0.150. The van der Waals surface area contributed by atoms with Crippen LogP contribution in [0.2, 0.25) is 0 Å². The molecule has 0 aliphatic heterocycles. The van der Waals surface area contributed by atoms with Crippen molar-refractivity contribution in [3.05, 3.63) is 0 Å². The standard InChI is InChI=1S/C35H69NO3S3/c1-4-7-9-11-13-15-17-18-20-22-24-26-28-42-34(36)35(38)39-31(29-41-30-32(37)33(40)6-3)27-25-23-21-19-16-14-12-10-8-5-2/h31,33-34,40H,4-30,36H2,1-3H3. The highest BCUT2D eigenvalue weighted by Crippen LogP contribution is 2.20. The lowest BCUT2D eigenvalue weighted by molar-refractivity contribution is -0.147. The van der Waals surface area contributed by atoms with Gasteiger partial charge in [-0.15, -0.1) is 11.8 Å². The molecule has 7 heteroatoms. The molecule has 0 amide bonds. The van der Waals surface area contributed by atoms with Crippen molar-refractivity contribution >= 4 is 47.9 Å². The monoisotopic (exact) mass is 647 g/mol. The molecule has 0 aromatic heterocycles. The summed E-state index contributed by atoms with van der Waals surface area (Å²) in [5.74, 6) is 1.83. The van der Waals surface area contributed by atoms with Crippen molar-refractivity contribution in [2.75, 3.05) is 17.3 Å². The second kappa shape index (κ2) is 32.5. The topological polar surface area (TPSA) is 69.4 Å². The van der Waals surface area contributed by atoms with Crippen LogP contribution in [0.1, 0.15) is 175 Å². The Balaban J connectivity index is 4.18. The molecular formula is C35H69NO3S3. The zero-order valence-corrected chi connectivity index (χ0v) is 30.4. The van der Waals surface area contributed by atoms with Crippen molar-refractivity contribution in [2.24, 2.45) is 5.73 Å². The van der Waals surface area contributed by atoms with E-state index in [2.05, 4.69) is 26.5 Å². The SMILES string of the molecule is CCCCCCCCCCCCCCSC(N)C(=O)OC(CCCCCCCCCCCC)CSCC(=O)C(S)CC. The van der Waals surface area contributed by atoms with Crippen molar-refractivity contribution in [1.29, 1.82) is 0 Å². The fourth-order valence-electron chi connectivity index (χ4n) is 5.10. The second-order valence-corrected chi connectivity index (χ2v) is 15.0. The lowest BCUT2D eigenvalue weighted by atomic mass is 10.0. The summed E-state index contributed by atoms with van der Waals surface area (Å²) >= 11 is 7.45. The predicted molar refractivity (Wildman–Crippen MR) is 193 cm³/mol. The number of thioether (sulfide) groups is 2. The number of carbonyl (C=O) groups excluding carboxylic acids is 2. The average Bonchev–Trinajstić information content (AvgIpc) is 2.99. The third-order valence-corrected chi connectivity index (χ3v) is 10.8. The van der Waals surface area contributed by atoms with Crippen LogP contribution in [0.15, 0.2) is 0 Å². The lowest BCUT2D eigenvalue weighted by Gasteiger charge is -2.20. The Morgan fingerprint density at radius 1 is 0.667 bits per heavy atom. The molecule has 42 heavy (non-hydrogen) atoms. The van der Waals surface area contributed by atoms with Gasteiger partial charge in [0.15, 0.2) is 11.2 Å². The van der Waals surface area contributed by atoms with Crippen molar-refractivity contribution in [1.82, 2.24) is 0 Å². The van der Waals surface area contributed by atoms with Gasteiger partial charge in [-0.05, 0) is 31.4 Å². The van der Waals surface area contributed by atoms with Gasteiger partial charge in [-0.1, -0.05) is 149 Å². The highest BCUT2D eigenvalue weighted by Gasteiger charge is 2.21. The number of unbranched alkanes of at least 4 members (excludes halogenated alkanes) is 20. The van der Waals surface area contributed by atoms with Crippen molar-refractivity contribution < 1.29 is 14.3 Å². The molecule has 3 atom stereocenters. The zero-order chi connectivity index (χ0) is 31.1. The van der Waals surface area contributed by atoms with Crippen LogP contribution in [0.4, 0.5) is 0 Å². The Bertz CT molecular complexity index is 608. The maximum Gasteiger partial charge on any atom is 0.333 e. The van der Waals surface area contributed by atoms with E-state index >= 15 is 0 Å². The molecule has 0 rings (SSSR count). The van der Waals surface area contributed by atoms with Gasteiger partial charge in [0.05, 0.1) is 11.0 Å². The van der Waals surface area contributed by atoms with Crippen molar-refractivity contribution in [3.8, 4) is 0 Å². The average molecular weight is 648 g/mol. The minimum Gasteiger partial charge on any atom is -0.460 e. The number of rotatable bonds is 33. The van der Waals surface area contributed by atoms with Crippen LogP contribution in [0.3, 0.4) is 0 Å². The second-order valence-electron chi connectivity index (χ2n) is 12.1. The van der Waals surface area contributed by atoms with Crippen LogP contribution in [-0.4, -0.2) is 45.7 Å².